The van der Waals surface area contributed by atoms with Gasteiger partial charge in [0.15, 0.2) is 0 Å². The minimum Gasteiger partial charge on any atom is -0.369 e. The molecule has 0 atom stereocenters. The molecule has 1 N–H and O–H groups in total. The summed E-state index contributed by atoms with van der Waals surface area (Å²) in [5.74, 6) is 0.412. The molecule has 1 aromatic rings. The summed E-state index contributed by atoms with van der Waals surface area (Å²) >= 11 is 3.29. The number of piperazine rings is 1. The van der Waals surface area contributed by atoms with Crippen LogP contribution in [0.15, 0.2) is 21.6 Å². The zero-order valence-electron chi connectivity index (χ0n) is 11.6. The lowest BCUT2D eigenvalue weighted by Gasteiger charge is -2.31. The van der Waals surface area contributed by atoms with Gasteiger partial charge in [-0.15, -0.1) is 0 Å². The molecule has 1 aromatic heterocycles. The molecule has 20 heavy (non-hydrogen) atoms. The number of nitrogens with zero attached hydrogens (tertiary/aromatic N) is 3. The van der Waals surface area contributed by atoms with Crippen LogP contribution < -0.4 is 5.32 Å². The van der Waals surface area contributed by atoms with Crippen LogP contribution in [-0.4, -0.2) is 62.4 Å². The first kappa shape index (κ1) is 15.7. The highest BCUT2D eigenvalue weighted by atomic mass is 79.9. The number of nitrogens with one attached hydrogen (secondary N) is 1. The first-order chi connectivity index (χ1) is 9.45. The molecule has 0 aromatic carbocycles. The Bertz CT molecular complexity index is 571. The highest BCUT2D eigenvalue weighted by Gasteiger charge is 2.30. The summed E-state index contributed by atoms with van der Waals surface area (Å²) in [5, 5.41) is 3.01. The lowest BCUT2D eigenvalue weighted by molar-refractivity contribution is 0.222. The molecule has 0 spiro atoms. The van der Waals surface area contributed by atoms with E-state index in [1.807, 2.05) is 14.0 Å². The van der Waals surface area contributed by atoms with Gasteiger partial charge in [-0.25, -0.2) is 13.4 Å². The second-order valence-corrected chi connectivity index (χ2v) is 7.56. The predicted molar refractivity (Wildman–Crippen MR) is 82.4 cm³/mol. The van der Waals surface area contributed by atoms with E-state index in [0.717, 1.165) is 13.1 Å². The molecule has 0 bridgehead atoms. The van der Waals surface area contributed by atoms with E-state index < -0.39 is 10.0 Å². The van der Waals surface area contributed by atoms with Crippen LogP contribution >= 0.6 is 15.9 Å². The van der Waals surface area contributed by atoms with E-state index in [4.69, 9.17) is 0 Å². The predicted octanol–water partition coefficient (Wildman–Crippen LogP) is 1.21. The summed E-state index contributed by atoms with van der Waals surface area (Å²) in [4.78, 5) is 6.53. The van der Waals surface area contributed by atoms with Gasteiger partial charge < -0.3 is 10.2 Å². The molecule has 2 rings (SSSR count). The third-order valence-corrected chi connectivity index (χ3v) is 5.59. The van der Waals surface area contributed by atoms with Crippen molar-refractivity contribution in [3.05, 3.63) is 16.7 Å². The Hall–Kier alpha value is -0.700. The van der Waals surface area contributed by atoms with Crippen LogP contribution in [-0.2, 0) is 10.0 Å². The summed E-state index contributed by atoms with van der Waals surface area (Å²) in [5.41, 5.74) is 0. The Labute approximate surface area is 128 Å². The van der Waals surface area contributed by atoms with E-state index in [0.29, 0.717) is 29.9 Å². The van der Waals surface area contributed by atoms with Crippen molar-refractivity contribution in [1.82, 2.24) is 14.2 Å². The molecule has 0 aliphatic carbocycles. The summed E-state index contributed by atoms with van der Waals surface area (Å²) in [6, 6.07) is 1.61. The summed E-state index contributed by atoms with van der Waals surface area (Å²) in [7, 11) is -1.51. The third-order valence-electron chi connectivity index (χ3n) is 3.24. The van der Waals surface area contributed by atoms with E-state index in [2.05, 4.69) is 31.1 Å². The fourth-order valence-electron chi connectivity index (χ4n) is 2.09. The molecule has 8 heteroatoms. The second kappa shape index (κ2) is 6.38. The fraction of sp³-hybridized carbons (Fsp3) is 0.583. The maximum Gasteiger partial charge on any atom is 0.246 e. The number of likely N-dealkylation sites (N-methyl/N-ethyl adjacent to an activating group) is 1. The average Bonchev–Trinajstić information content (AvgIpc) is 2.41. The molecule has 6 nitrogen and oxygen atoms in total. The second-order valence-electron chi connectivity index (χ2n) is 4.74. The van der Waals surface area contributed by atoms with Crippen LogP contribution in [0.4, 0.5) is 5.82 Å². The monoisotopic (exact) mass is 362 g/mol. The van der Waals surface area contributed by atoms with Crippen molar-refractivity contribution in [2.75, 3.05) is 45.1 Å². The van der Waals surface area contributed by atoms with Crippen molar-refractivity contribution < 1.29 is 8.42 Å². The number of pyridine rings is 1. The SMILES string of the molecule is CCNc1ncc(Br)cc1S(=O)(=O)N1CCN(C)CC1. The topological polar surface area (TPSA) is 65.5 Å². The lowest BCUT2D eigenvalue weighted by atomic mass is 10.4. The largest absolute Gasteiger partial charge is 0.369 e. The Morgan fingerprint density at radius 2 is 2.00 bits per heavy atom. The van der Waals surface area contributed by atoms with E-state index >= 15 is 0 Å². The first-order valence-corrected chi connectivity index (χ1v) is 8.76. The number of aromatic nitrogens is 1. The quantitative estimate of drug-likeness (QED) is 0.871. The average molecular weight is 363 g/mol. The zero-order chi connectivity index (χ0) is 14.8. The number of hydrogen-bond donors (Lipinski definition) is 1. The van der Waals surface area contributed by atoms with Crippen LogP contribution in [0.5, 0.6) is 0 Å². The van der Waals surface area contributed by atoms with Crippen molar-refractivity contribution in [2.45, 2.75) is 11.8 Å². The van der Waals surface area contributed by atoms with Crippen molar-refractivity contribution >= 4 is 31.8 Å². The maximum absolute atomic E-state index is 12.7. The molecular weight excluding hydrogens is 344 g/mol. The zero-order valence-corrected chi connectivity index (χ0v) is 14.0. The van der Waals surface area contributed by atoms with Crippen molar-refractivity contribution in [3.8, 4) is 0 Å². The summed E-state index contributed by atoms with van der Waals surface area (Å²) in [6.07, 6.45) is 1.60. The summed E-state index contributed by atoms with van der Waals surface area (Å²) < 4.78 is 27.7. The van der Waals surface area contributed by atoms with Crippen LogP contribution in [0.3, 0.4) is 0 Å². The van der Waals surface area contributed by atoms with Gasteiger partial charge in [-0.05, 0) is 36.0 Å². The number of halogens is 1. The van der Waals surface area contributed by atoms with Gasteiger partial charge in [0, 0.05) is 43.4 Å². The molecule has 0 saturated carbocycles. The highest BCUT2D eigenvalue weighted by Crippen LogP contribution is 2.26. The first-order valence-electron chi connectivity index (χ1n) is 6.53. The van der Waals surface area contributed by atoms with Gasteiger partial charge >= 0.3 is 0 Å². The standard InChI is InChI=1S/C12H19BrN4O2S/c1-3-14-12-11(8-10(13)9-15-12)20(18,19)17-6-4-16(2)5-7-17/h8-9H,3-7H2,1-2H3,(H,14,15). The van der Waals surface area contributed by atoms with E-state index in [1.165, 1.54) is 4.31 Å². The normalized spacial score (nSPS) is 18.1. The van der Waals surface area contributed by atoms with E-state index in [-0.39, 0.29) is 4.90 Å². The van der Waals surface area contributed by atoms with Crippen molar-refractivity contribution in [1.29, 1.82) is 0 Å². The van der Waals surface area contributed by atoms with Gasteiger partial charge in [0.25, 0.3) is 0 Å². The molecule has 2 heterocycles. The van der Waals surface area contributed by atoms with Gasteiger partial charge in [-0.3, -0.25) is 0 Å². The van der Waals surface area contributed by atoms with E-state index in [1.54, 1.807) is 12.3 Å². The van der Waals surface area contributed by atoms with Crippen molar-refractivity contribution in [3.63, 3.8) is 0 Å². The van der Waals surface area contributed by atoms with Crippen LogP contribution in [0.2, 0.25) is 0 Å². The minimum absolute atomic E-state index is 0.235. The van der Waals surface area contributed by atoms with Crippen LogP contribution in [0.1, 0.15) is 6.92 Å². The molecule has 0 unspecified atom stereocenters. The van der Waals surface area contributed by atoms with Crippen molar-refractivity contribution in [2.24, 2.45) is 0 Å². The number of rotatable bonds is 4. The van der Waals surface area contributed by atoms with E-state index in [9.17, 15) is 8.42 Å². The summed E-state index contributed by atoms with van der Waals surface area (Å²) in [6.45, 7) is 5.05. The van der Waals surface area contributed by atoms with Gasteiger partial charge in [0.05, 0.1) is 0 Å². The van der Waals surface area contributed by atoms with Gasteiger partial charge in [-0.2, -0.15) is 4.31 Å². The lowest BCUT2D eigenvalue weighted by Crippen LogP contribution is -2.47. The number of sulfonamides is 1. The number of anilines is 1. The molecule has 0 radical (unpaired) electrons. The molecule has 1 aliphatic heterocycles. The number of hydrogen-bond acceptors (Lipinski definition) is 5. The Kier molecular flexibility index (Phi) is 5.00. The van der Waals surface area contributed by atoms with Crippen LogP contribution in [0, 0.1) is 0 Å². The Morgan fingerprint density at radius 1 is 1.35 bits per heavy atom. The van der Waals surface area contributed by atoms with Gasteiger partial charge in [0.1, 0.15) is 10.7 Å². The molecule has 112 valence electrons. The Morgan fingerprint density at radius 3 is 2.60 bits per heavy atom. The Balaban J connectivity index is 2.35. The minimum atomic E-state index is -3.51. The molecular formula is C12H19BrN4O2S. The molecule has 1 saturated heterocycles. The fourth-order valence-corrected chi connectivity index (χ4v) is 4.14. The maximum atomic E-state index is 12.7. The third kappa shape index (κ3) is 3.30. The van der Waals surface area contributed by atoms with Gasteiger partial charge in [-0.1, -0.05) is 0 Å². The van der Waals surface area contributed by atoms with Gasteiger partial charge in [0.2, 0.25) is 10.0 Å². The molecule has 1 aliphatic rings. The molecule has 1 fully saturated rings. The molecule has 0 amide bonds. The smallest absolute Gasteiger partial charge is 0.246 e. The van der Waals surface area contributed by atoms with Crippen LogP contribution in [0.25, 0.3) is 0 Å². The highest BCUT2D eigenvalue weighted by molar-refractivity contribution is 9.10.